The van der Waals surface area contributed by atoms with Crippen molar-refractivity contribution in [2.45, 2.75) is 50.4 Å². The third kappa shape index (κ3) is 3.58. The van der Waals surface area contributed by atoms with Crippen molar-refractivity contribution in [3.63, 3.8) is 0 Å². The lowest BCUT2D eigenvalue weighted by atomic mass is 9.96. The van der Waals surface area contributed by atoms with E-state index in [1.54, 1.807) is 12.1 Å². The predicted octanol–water partition coefficient (Wildman–Crippen LogP) is 4.27. The number of nitrogens with one attached hydrogen (secondary N) is 1. The number of carbonyl (C=O) groups is 1. The first kappa shape index (κ1) is 16.6. The lowest BCUT2D eigenvalue weighted by Crippen LogP contribution is -2.50. The summed E-state index contributed by atoms with van der Waals surface area (Å²) < 4.78 is 0. The number of hydrogen-bond donors (Lipinski definition) is 1. The number of hydrogen-bond acceptors (Lipinski definition) is 2. The van der Waals surface area contributed by atoms with Crippen molar-refractivity contribution >= 4 is 17.5 Å². The van der Waals surface area contributed by atoms with Gasteiger partial charge in [-0.15, -0.1) is 0 Å². The van der Waals surface area contributed by atoms with Crippen molar-refractivity contribution in [1.29, 1.82) is 0 Å². The van der Waals surface area contributed by atoms with Crippen LogP contribution < -0.4 is 5.32 Å². The largest absolute Gasteiger partial charge is 0.349 e. The van der Waals surface area contributed by atoms with Crippen LogP contribution in [0.1, 0.15) is 41.6 Å². The van der Waals surface area contributed by atoms with Crippen LogP contribution in [0, 0.1) is 0 Å². The summed E-state index contributed by atoms with van der Waals surface area (Å²) in [7, 11) is 0. The van der Waals surface area contributed by atoms with Crippen molar-refractivity contribution in [3.8, 4) is 0 Å². The van der Waals surface area contributed by atoms with Gasteiger partial charge in [0.1, 0.15) is 0 Å². The molecule has 1 amide bonds. The highest BCUT2D eigenvalue weighted by Crippen LogP contribution is 2.37. The molecule has 25 heavy (non-hydrogen) atoms. The fraction of sp³-hybridized carbons (Fsp3) is 0.381. The second kappa shape index (κ2) is 7.19. The van der Waals surface area contributed by atoms with Gasteiger partial charge in [-0.25, -0.2) is 0 Å². The monoisotopic (exact) mass is 354 g/mol. The van der Waals surface area contributed by atoms with Gasteiger partial charge >= 0.3 is 0 Å². The fourth-order valence-corrected chi connectivity index (χ4v) is 4.57. The van der Waals surface area contributed by atoms with Gasteiger partial charge in [-0.2, -0.15) is 0 Å². The molecule has 2 aromatic rings. The predicted molar refractivity (Wildman–Crippen MR) is 101 cm³/mol. The number of rotatable bonds is 4. The molecule has 4 heteroatoms. The normalized spacial score (nSPS) is 25.7. The summed E-state index contributed by atoms with van der Waals surface area (Å²) in [5, 5.41) is 3.73. The minimum Gasteiger partial charge on any atom is -0.349 e. The summed E-state index contributed by atoms with van der Waals surface area (Å²) in [4.78, 5) is 15.2. The summed E-state index contributed by atoms with van der Waals surface area (Å²) in [5.74, 6) is -0.0495. The molecule has 0 spiro atoms. The van der Waals surface area contributed by atoms with E-state index in [1.165, 1.54) is 18.4 Å². The van der Waals surface area contributed by atoms with E-state index < -0.39 is 0 Å². The zero-order chi connectivity index (χ0) is 17.2. The average molecular weight is 355 g/mol. The third-order valence-corrected chi connectivity index (χ3v) is 5.88. The summed E-state index contributed by atoms with van der Waals surface area (Å²) in [6.07, 6.45) is 4.52. The van der Waals surface area contributed by atoms with Gasteiger partial charge in [-0.05, 0) is 43.4 Å². The number of piperidine rings is 1. The Labute approximate surface area is 154 Å². The molecule has 2 aliphatic heterocycles. The standard InChI is InChI=1S/C21H23ClN2O/c22-20-9-5-4-8-19(20)21(25)23-16-12-17-10-11-18(13-16)24(17)14-15-6-2-1-3-7-15/h1-9,16-18H,10-14H2,(H,23,25)/t17-,18-/m0/s1. The Balaban J connectivity index is 1.40. The Kier molecular flexibility index (Phi) is 4.78. The van der Waals surface area contributed by atoms with Crippen molar-refractivity contribution in [2.75, 3.05) is 0 Å². The fourth-order valence-electron chi connectivity index (χ4n) is 4.35. The van der Waals surface area contributed by atoms with E-state index in [2.05, 4.69) is 40.5 Å². The van der Waals surface area contributed by atoms with E-state index in [9.17, 15) is 4.79 Å². The smallest absolute Gasteiger partial charge is 0.253 e. The maximum Gasteiger partial charge on any atom is 0.253 e. The average Bonchev–Trinajstić information content (AvgIpc) is 2.85. The quantitative estimate of drug-likeness (QED) is 0.889. The molecule has 2 fully saturated rings. The number of fused-ring (bicyclic) bond motifs is 2. The van der Waals surface area contributed by atoms with Gasteiger partial charge in [-0.1, -0.05) is 54.1 Å². The minimum absolute atomic E-state index is 0.0495. The van der Waals surface area contributed by atoms with Gasteiger partial charge in [0.2, 0.25) is 0 Å². The van der Waals surface area contributed by atoms with Crippen LogP contribution in [0.5, 0.6) is 0 Å². The van der Waals surface area contributed by atoms with Crippen LogP contribution in [-0.2, 0) is 6.54 Å². The molecule has 2 heterocycles. The highest BCUT2D eigenvalue weighted by Gasteiger charge is 2.40. The SMILES string of the molecule is O=C(NC1C[C@@H]2CC[C@@H](C1)N2Cc1ccccc1)c1ccccc1Cl. The van der Waals surface area contributed by atoms with Gasteiger partial charge in [0.05, 0.1) is 10.6 Å². The van der Waals surface area contributed by atoms with Crippen LogP contribution in [-0.4, -0.2) is 28.9 Å². The lowest BCUT2D eigenvalue weighted by molar-refractivity contribution is 0.0828. The van der Waals surface area contributed by atoms with Crippen LogP contribution in [0.15, 0.2) is 54.6 Å². The zero-order valence-electron chi connectivity index (χ0n) is 14.2. The lowest BCUT2D eigenvalue weighted by Gasteiger charge is -2.39. The molecule has 0 aromatic heterocycles. The molecule has 2 aliphatic rings. The number of carbonyl (C=O) groups excluding carboxylic acids is 1. The molecule has 2 bridgehead atoms. The Morgan fingerprint density at radius 1 is 1.00 bits per heavy atom. The first-order chi connectivity index (χ1) is 12.2. The molecule has 0 saturated carbocycles. The molecule has 4 rings (SSSR count). The molecule has 0 unspecified atom stereocenters. The molecular formula is C21H23ClN2O. The van der Waals surface area contributed by atoms with Gasteiger partial charge in [0.25, 0.3) is 5.91 Å². The van der Waals surface area contributed by atoms with Crippen LogP contribution in [0.3, 0.4) is 0 Å². The highest BCUT2D eigenvalue weighted by atomic mass is 35.5. The summed E-state index contributed by atoms with van der Waals surface area (Å²) in [6.45, 7) is 1.02. The summed E-state index contributed by atoms with van der Waals surface area (Å²) in [5.41, 5.74) is 1.95. The van der Waals surface area contributed by atoms with E-state index in [4.69, 9.17) is 11.6 Å². The van der Waals surface area contributed by atoms with Crippen molar-refractivity contribution in [3.05, 3.63) is 70.7 Å². The summed E-state index contributed by atoms with van der Waals surface area (Å²) >= 11 is 6.15. The molecule has 3 nitrogen and oxygen atoms in total. The molecule has 130 valence electrons. The van der Waals surface area contributed by atoms with E-state index in [-0.39, 0.29) is 11.9 Å². The van der Waals surface area contributed by atoms with Crippen LogP contribution in [0.25, 0.3) is 0 Å². The van der Waals surface area contributed by atoms with Crippen LogP contribution in [0.4, 0.5) is 0 Å². The molecule has 2 atom stereocenters. The summed E-state index contributed by atoms with van der Waals surface area (Å²) in [6, 6.07) is 19.3. The maximum absolute atomic E-state index is 12.5. The van der Waals surface area contributed by atoms with E-state index in [0.29, 0.717) is 22.7 Å². The molecule has 0 aliphatic carbocycles. The number of nitrogens with zero attached hydrogens (tertiary/aromatic N) is 1. The van der Waals surface area contributed by atoms with Crippen LogP contribution in [0.2, 0.25) is 5.02 Å². The highest BCUT2D eigenvalue weighted by molar-refractivity contribution is 6.33. The third-order valence-electron chi connectivity index (χ3n) is 5.55. The van der Waals surface area contributed by atoms with Gasteiger partial charge in [0.15, 0.2) is 0 Å². The van der Waals surface area contributed by atoms with Gasteiger partial charge in [0, 0.05) is 24.7 Å². The van der Waals surface area contributed by atoms with Gasteiger partial charge < -0.3 is 5.32 Å². The van der Waals surface area contributed by atoms with Crippen molar-refractivity contribution in [1.82, 2.24) is 10.2 Å². The Bertz CT molecular complexity index is 735. The van der Waals surface area contributed by atoms with Crippen LogP contribution >= 0.6 is 11.6 Å². The first-order valence-electron chi connectivity index (χ1n) is 9.06. The Hall–Kier alpha value is -1.84. The number of benzene rings is 2. The van der Waals surface area contributed by atoms with Crippen molar-refractivity contribution in [2.24, 2.45) is 0 Å². The molecule has 1 N–H and O–H groups in total. The minimum atomic E-state index is -0.0495. The second-order valence-corrected chi connectivity index (χ2v) is 7.57. The van der Waals surface area contributed by atoms with E-state index in [0.717, 1.165) is 19.4 Å². The first-order valence-corrected chi connectivity index (χ1v) is 9.43. The second-order valence-electron chi connectivity index (χ2n) is 7.16. The van der Waals surface area contributed by atoms with Gasteiger partial charge in [-0.3, -0.25) is 9.69 Å². The number of amides is 1. The number of halogens is 1. The van der Waals surface area contributed by atoms with E-state index >= 15 is 0 Å². The molecule has 2 saturated heterocycles. The molecule has 0 radical (unpaired) electrons. The Morgan fingerprint density at radius 3 is 2.32 bits per heavy atom. The van der Waals surface area contributed by atoms with Crippen molar-refractivity contribution < 1.29 is 4.79 Å². The van der Waals surface area contributed by atoms with E-state index in [1.807, 2.05) is 12.1 Å². The zero-order valence-corrected chi connectivity index (χ0v) is 15.0. The Morgan fingerprint density at radius 2 is 1.64 bits per heavy atom. The maximum atomic E-state index is 12.5. The molecular weight excluding hydrogens is 332 g/mol. The topological polar surface area (TPSA) is 32.3 Å². The molecule has 2 aromatic carbocycles.